The second-order valence-electron chi connectivity index (χ2n) is 9.11. The molecule has 0 spiro atoms. The molecular formula is C27H39ClN2O6. The van der Waals surface area contributed by atoms with Crippen LogP contribution in [-0.4, -0.2) is 48.2 Å². The molecule has 0 aromatic heterocycles. The van der Waals surface area contributed by atoms with Gasteiger partial charge in [0.15, 0.2) is 5.76 Å². The van der Waals surface area contributed by atoms with Crippen molar-refractivity contribution in [1.29, 1.82) is 0 Å². The van der Waals surface area contributed by atoms with E-state index in [1.807, 2.05) is 33.8 Å². The van der Waals surface area contributed by atoms with Crippen LogP contribution >= 0.6 is 11.6 Å². The first-order valence-corrected chi connectivity index (χ1v) is 12.4. The molecule has 36 heavy (non-hydrogen) atoms. The molecule has 0 saturated carbocycles. The van der Waals surface area contributed by atoms with Crippen LogP contribution < -0.4 is 10.6 Å². The zero-order valence-corrected chi connectivity index (χ0v) is 22.7. The van der Waals surface area contributed by atoms with Crippen LogP contribution in [0.15, 0.2) is 59.0 Å². The lowest BCUT2D eigenvalue weighted by molar-refractivity contribution is -0.151. The van der Waals surface area contributed by atoms with E-state index in [1.165, 1.54) is 19.4 Å². The predicted octanol–water partition coefficient (Wildman–Crippen LogP) is 4.03. The Balaban J connectivity index is 2.61. The van der Waals surface area contributed by atoms with Gasteiger partial charge in [-0.3, -0.25) is 9.59 Å². The standard InChI is InChI=1S/C27H39ClN2O6/c1-17(2)25(26(33)29-15-7-8-21(31)11-10-20(5)28)30-24(32)14-9-18(3)16-19(4)22-12-13-23(35-6)27(34)36-22/h7,9-10,13-17,19,21-22,25,31H,8,11-12H2,1-6H3,(H,29,33)(H,30,32)/b14-9-,15-7-,18-16+,20-10+/t19-,21+,22-,25-/m0/s1. The highest BCUT2D eigenvalue weighted by atomic mass is 35.5. The van der Waals surface area contributed by atoms with Gasteiger partial charge < -0.3 is 25.2 Å². The quantitative estimate of drug-likeness (QED) is 0.191. The summed E-state index contributed by atoms with van der Waals surface area (Å²) in [6.07, 6.45) is 11.9. The third kappa shape index (κ3) is 11.7. The molecule has 3 N–H and O–H groups in total. The minimum absolute atomic E-state index is 0.0641. The number of carbonyl (C=O) groups excluding carboxylic acids is 3. The van der Waals surface area contributed by atoms with Gasteiger partial charge in [0.25, 0.3) is 0 Å². The fourth-order valence-electron chi connectivity index (χ4n) is 3.41. The number of carbonyl (C=O) groups is 3. The Morgan fingerprint density at radius 1 is 1.25 bits per heavy atom. The fourth-order valence-corrected chi connectivity index (χ4v) is 3.50. The third-order valence-corrected chi connectivity index (χ3v) is 5.65. The maximum Gasteiger partial charge on any atom is 0.373 e. The lowest BCUT2D eigenvalue weighted by atomic mass is 9.97. The molecule has 200 valence electrons. The average molecular weight is 523 g/mol. The first kappa shape index (κ1) is 31.2. The summed E-state index contributed by atoms with van der Waals surface area (Å²) in [7, 11) is 1.43. The molecule has 8 nitrogen and oxygen atoms in total. The monoisotopic (exact) mass is 522 g/mol. The molecule has 0 fully saturated rings. The molecule has 0 unspecified atom stereocenters. The van der Waals surface area contributed by atoms with Gasteiger partial charge in [0.05, 0.1) is 13.2 Å². The van der Waals surface area contributed by atoms with Gasteiger partial charge in [-0.2, -0.15) is 0 Å². The maximum atomic E-state index is 12.6. The van der Waals surface area contributed by atoms with E-state index in [-0.39, 0.29) is 29.6 Å². The second kappa shape index (κ2) is 16.0. The number of aliphatic hydroxyl groups excluding tert-OH is 1. The number of esters is 1. The van der Waals surface area contributed by atoms with Crippen molar-refractivity contribution in [2.45, 2.75) is 72.1 Å². The molecule has 4 atom stereocenters. The second-order valence-corrected chi connectivity index (χ2v) is 9.71. The first-order valence-electron chi connectivity index (χ1n) is 12.0. The topological polar surface area (TPSA) is 114 Å². The molecule has 2 amide bonds. The Kier molecular flexibility index (Phi) is 13.9. The van der Waals surface area contributed by atoms with Crippen molar-refractivity contribution in [3.63, 3.8) is 0 Å². The van der Waals surface area contributed by atoms with Crippen LogP contribution in [0.3, 0.4) is 0 Å². The van der Waals surface area contributed by atoms with Crippen molar-refractivity contribution in [2.75, 3.05) is 7.11 Å². The summed E-state index contributed by atoms with van der Waals surface area (Å²) in [6.45, 7) is 9.19. The van der Waals surface area contributed by atoms with Crippen molar-refractivity contribution < 1.29 is 29.0 Å². The van der Waals surface area contributed by atoms with Gasteiger partial charge in [-0.25, -0.2) is 4.79 Å². The molecule has 0 bridgehead atoms. The Labute approximate surface area is 219 Å². The van der Waals surface area contributed by atoms with E-state index in [0.717, 1.165) is 5.57 Å². The van der Waals surface area contributed by atoms with Crippen LogP contribution in [0, 0.1) is 11.8 Å². The Bertz CT molecular complexity index is 915. The molecule has 0 aromatic carbocycles. The van der Waals surface area contributed by atoms with Crippen LogP contribution in [0.1, 0.15) is 53.9 Å². The van der Waals surface area contributed by atoms with Gasteiger partial charge in [0.1, 0.15) is 12.1 Å². The first-order chi connectivity index (χ1) is 16.9. The minimum atomic E-state index is -0.731. The zero-order chi connectivity index (χ0) is 27.3. The SMILES string of the molecule is COC1=CC[C@@H]([C@@H](C)/C=C(C)/C=C\C(=O)N[C@H](C(=O)N/C=C\C[C@@H](O)C/C=C(\C)Cl)C(C)C)OC1=O. The Morgan fingerprint density at radius 2 is 1.94 bits per heavy atom. The number of nitrogens with one attached hydrogen (secondary N) is 2. The summed E-state index contributed by atoms with van der Waals surface area (Å²) in [5, 5.41) is 15.9. The largest absolute Gasteiger partial charge is 0.490 e. The van der Waals surface area contributed by atoms with E-state index in [1.54, 1.807) is 31.2 Å². The minimum Gasteiger partial charge on any atom is -0.490 e. The van der Waals surface area contributed by atoms with Gasteiger partial charge in [0, 0.05) is 23.4 Å². The molecule has 0 aliphatic carbocycles. The number of methoxy groups -OCH3 is 1. The van der Waals surface area contributed by atoms with Gasteiger partial charge in [-0.15, -0.1) is 0 Å². The van der Waals surface area contributed by atoms with E-state index in [0.29, 0.717) is 24.3 Å². The molecule has 0 radical (unpaired) electrons. The van der Waals surface area contributed by atoms with Crippen molar-refractivity contribution in [2.24, 2.45) is 11.8 Å². The fraction of sp³-hybridized carbons (Fsp3) is 0.519. The van der Waals surface area contributed by atoms with Gasteiger partial charge >= 0.3 is 5.97 Å². The number of cyclic esters (lactones) is 1. The highest BCUT2D eigenvalue weighted by molar-refractivity contribution is 6.29. The van der Waals surface area contributed by atoms with Crippen molar-refractivity contribution in [3.8, 4) is 0 Å². The molecule has 1 aliphatic rings. The normalized spacial score (nSPS) is 19.6. The van der Waals surface area contributed by atoms with Crippen molar-refractivity contribution in [3.05, 3.63) is 59.0 Å². The number of halogens is 1. The van der Waals surface area contributed by atoms with E-state index in [4.69, 9.17) is 21.1 Å². The van der Waals surface area contributed by atoms with E-state index >= 15 is 0 Å². The lowest BCUT2D eigenvalue weighted by Crippen LogP contribution is -2.48. The summed E-state index contributed by atoms with van der Waals surface area (Å²) in [4.78, 5) is 36.9. The maximum absolute atomic E-state index is 12.6. The van der Waals surface area contributed by atoms with E-state index in [2.05, 4.69) is 10.6 Å². The molecule has 1 rings (SSSR count). The van der Waals surface area contributed by atoms with Crippen LogP contribution in [-0.2, 0) is 23.9 Å². The van der Waals surface area contributed by atoms with Crippen LogP contribution in [0.2, 0.25) is 0 Å². The molecular weight excluding hydrogens is 484 g/mol. The molecule has 0 saturated heterocycles. The van der Waals surface area contributed by atoms with Crippen LogP contribution in [0.5, 0.6) is 0 Å². The number of hydrogen-bond acceptors (Lipinski definition) is 6. The summed E-state index contributed by atoms with van der Waals surface area (Å²) in [5.74, 6) is -1.22. The summed E-state index contributed by atoms with van der Waals surface area (Å²) in [5.41, 5.74) is 0.821. The lowest BCUT2D eigenvalue weighted by Gasteiger charge is -2.25. The molecule has 9 heteroatoms. The highest BCUT2D eigenvalue weighted by Gasteiger charge is 2.27. The van der Waals surface area contributed by atoms with E-state index < -0.39 is 24.0 Å². The van der Waals surface area contributed by atoms with Gasteiger partial charge in [0.2, 0.25) is 11.8 Å². The zero-order valence-electron chi connectivity index (χ0n) is 21.9. The molecule has 1 aliphatic heterocycles. The Hall–Kier alpha value is -2.84. The number of ether oxygens (including phenoxy) is 2. The summed E-state index contributed by atoms with van der Waals surface area (Å²) >= 11 is 5.75. The van der Waals surface area contributed by atoms with Crippen LogP contribution in [0.25, 0.3) is 0 Å². The number of hydrogen-bond donors (Lipinski definition) is 3. The number of amides is 2. The van der Waals surface area contributed by atoms with Crippen molar-refractivity contribution >= 4 is 29.4 Å². The Morgan fingerprint density at radius 3 is 2.53 bits per heavy atom. The summed E-state index contributed by atoms with van der Waals surface area (Å²) in [6, 6.07) is -0.731. The third-order valence-electron chi connectivity index (χ3n) is 5.49. The molecule has 0 aromatic rings. The van der Waals surface area contributed by atoms with Gasteiger partial charge in [-0.1, -0.05) is 62.2 Å². The smallest absolute Gasteiger partial charge is 0.373 e. The predicted molar refractivity (Wildman–Crippen MR) is 141 cm³/mol. The number of allylic oxidation sites excluding steroid dienone is 3. The van der Waals surface area contributed by atoms with Crippen molar-refractivity contribution in [1.82, 2.24) is 10.6 Å². The summed E-state index contributed by atoms with van der Waals surface area (Å²) < 4.78 is 10.4. The highest BCUT2D eigenvalue weighted by Crippen LogP contribution is 2.22. The average Bonchev–Trinajstić information content (AvgIpc) is 2.82. The molecule has 1 heterocycles. The van der Waals surface area contributed by atoms with E-state index in [9.17, 15) is 19.5 Å². The number of rotatable bonds is 13. The number of aliphatic hydroxyl groups is 1. The van der Waals surface area contributed by atoms with Crippen LogP contribution in [0.4, 0.5) is 0 Å². The van der Waals surface area contributed by atoms with Gasteiger partial charge in [-0.05, 0) is 44.9 Å².